The van der Waals surface area contributed by atoms with Gasteiger partial charge in [0.25, 0.3) is 0 Å². The number of halogens is 1. The van der Waals surface area contributed by atoms with Crippen LogP contribution in [0.1, 0.15) is 44.1 Å². The second kappa shape index (κ2) is 9.84. The number of cyclic esters (lactones) is 1. The van der Waals surface area contributed by atoms with Gasteiger partial charge in [0.2, 0.25) is 0 Å². The van der Waals surface area contributed by atoms with E-state index in [0.29, 0.717) is 31.7 Å². The summed E-state index contributed by atoms with van der Waals surface area (Å²) < 4.78 is 4.95. The highest BCUT2D eigenvalue weighted by atomic mass is 127. The summed E-state index contributed by atoms with van der Waals surface area (Å²) in [5.74, 6) is 0.522. The Labute approximate surface area is 166 Å². The van der Waals surface area contributed by atoms with E-state index in [1.54, 1.807) is 4.90 Å². The van der Waals surface area contributed by atoms with Gasteiger partial charge in [-0.15, -0.1) is 24.0 Å². The highest BCUT2D eigenvalue weighted by Crippen LogP contribution is 2.20. The average molecular weight is 458 g/mol. The van der Waals surface area contributed by atoms with Crippen molar-refractivity contribution in [2.45, 2.75) is 51.1 Å². The molecule has 6 nitrogen and oxygen atoms in total. The van der Waals surface area contributed by atoms with Crippen LogP contribution in [0.5, 0.6) is 0 Å². The molecule has 25 heavy (non-hydrogen) atoms. The number of rotatable bonds is 4. The number of hydrogen-bond donors (Lipinski definition) is 2. The van der Waals surface area contributed by atoms with Gasteiger partial charge in [-0.05, 0) is 30.5 Å². The number of hydrogen-bond acceptors (Lipinski definition) is 3. The van der Waals surface area contributed by atoms with Gasteiger partial charge >= 0.3 is 6.09 Å². The summed E-state index contributed by atoms with van der Waals surface area (Å²) in [6, 6.07) is 8.26. The minimum Gasteiger partial charge on any atom is -0.447 e. The number of nitrogens with zero attached hydrogens (tertiary/aromatic N) is 2. The van der Waals surface area contributed by atoms with Gasteiger partial charge in [0, 0.05) is 11.7 Å². The molecule has 138 valence electrons. The fourth-order valence-corrected chi connectivity index (χ4v) is 3.26. The number of amides is 1. The van der Waals surface area contributed by atoms with E-state index in [1.807, 2.05) is 24.3 Å². The van der Waals surface area contributed by atoms with Crippen LogP contribution in [-0.4, -0.2) is 31.2 Å². The van der Waals surface area contributed by atoms with E-state index in [9.17, 15) is 4.79 Å². The molecule has 1 heterocycles. The van der Waals surface area contributed by atoms with Crippen molar-refractivity contribution in [2.24, 2.45) is 10.7 Å². The molecule has 1 aliphatic carbocycles. The summed E-state index contributed by atoms with van der Waals surface area (Å²) in [7, 11) is 0. The summed E-state index contributed by atoms with van der Waals surface area (Å²) in [4.78, 5) is 17.6. The Morgan fingerprint density at radius 2 is 1.88 bits per heavy atom. The maximum absolute atomic E-state index is 11.5. The number of nitrogens with two attached hydrogens (primary N) is 1. The molecule has 1 aromatic carbocycles. The van der Waals surface area contributed by atoms with Gasteiger partial charge in [-0.3, -0.25) is 4.90 Å². The van der Waals surface area contributed by atoms with Crippen molar-refractivity contribution >= 4 is 41.7 Å². The van der Waals surface area contributed by atoms with Crippen LogP contribution in [0.3, 0.4) is 0 Å². The summed E-state index contributed by atoms with van der Waals surface area (Å²) >= 11 is 0. The third-order valence-corrected chi connectivity index (χ3v) is 4.65. The Hall–Kier alpha value is -1.51. The molecule has 1 saturated carbocycles. The quantitative estimate of drug-likeness (QED) is 0.314. The molecule has 3 N–H and O–H groups in total. The first-order valence-corrected chi connectivity index (χ1v) is 8.82. The molecule has 0 aromatic heterocycles. The molecule has 0 radical (unpaired) electrons. The number of carbonyl (C=O) groups excluding carboxylic acids is 1. The molecule has 1 amide bonds. The lowest BCUT2D eigenvalue weighted by atomic mass is 10.1. The van der Waals surface area contributed by atoms with Crippen LogP contribution >= 0.6 is 24.0 Å². The molecule has 3 rings (SSSR count). The molecule has 1 aliphatic heterocycles. The first-order chi connectivity index (χ1) is 11.7. The highest BCUT2D eigenvalue weighted by Gasteiger charge is 2.23. The smallest absolute Gasteiger partial charge is 0.414 e. The number of ether oxygens (including phenoxy) is 1. The van der Waals surface area contributed by atoms with Gasteiger partial charge in [-0.25, -0.2) is 9.79 Å². The predicted octanol–water partition coefficient (Wildman–Crippen LogP) is 3.39. The Morgan fingerprint density at radius 3 is 2.48 bits per heavy atom. The molecular weight excluding hydrogens is 431 g/mol. The SMILES string of the molecule is I.NC(=NCc1ccc(N2CCOC2=O)cc1)NC1CCCCCC1. The lowest BCUT2D eigenvalue weighted by molar-refractivity contribution is 0.181. The first kappa shape index (κ1) is 19.8. The maximum Gasteiger partial charge on any atom is 0.414 e. The summed E-state index contributed by atoms with van der Waals surface area (Å²) in [6.45, 7) is 1.60. The van der Waals surface area contributed by atoms with Crippen LogP contribution in [0.15, 0.2) is 29.3 Å². The van der Waals surface area contributed by atoms with Crippen molar-refractivity contribution < 1.29 is 9.53 Å². The third kappa shape index (κ3) is 5.76. The van der Waals surface area contributed by atoms with Crippen LogP contribution in [0.25, 0.3) is 0 Å². The summed E-state index contributed by atoms with van der Waals surface area (Å²) in [6.07, 6.45) is 7.26. The molecular formula is C18H27IN4O2. The second-order valence-electron chi connectivity index (χ2n) is 6.47. The van der Waals surface area contributed by atoms with E-state index in [1.165, 1.54) is 38.5 Å². The van der Waals surface area contributed by atoms with Gasteiger partial charge in [0.05, 0.1) is 13.1 Å². The molecule has 0 unspecified atom stereocenters. The van der Waals surface area contributed by atoms with Crippen molar-refractivity contribution in [3.05, 3.63) is 29.8 Å². The van der Waals surface area contributed by atoms with Gasteiger partial charge in [0.15, 0.2) is 5.96 Å². The summed E-state index contributed by atoms with van der Waals surface area (Å²) in [5, 5.41) is 3.35. The Kier molecular flexibility index (Phi) is 7.80. The van der Waals surface area contributed by atoms with E-state index in [0.717, 1.165) is 11.3 Å². The van der Waals surface area contributed by atoms with Crippen molar-refractivity contribution in [1.82, 2.24) is 5.32 Å². The fraction of sp³-hybridized carbons (Fsp3) is 0.556. The van der Waals surface area contributed by atoms with Gasteiger partial charge in [-0.2, -0.15) is 0 Å². The fourth-order valence-electron chi connectivity index (χ4n) is 3.26. The van der Waals surface area contributed by atoms with Crippen LogP contribution in [-0.2, 0) is 11.3 Å². The minimum absolute atomic E-state index is 0. The first-order valence-electron chi connectivity index (χ1n) is 8.82. The summed E-state index contributed by atoms with van der Waals surface area (Å²) in [5.41, 5.74) is 7.94. The zero-order chi connectivity index (χ0) is 16.8. The maximum atomic E-state index is 11.5. The molecule has 1 saturated heterocycles. The Morgan fingerprint density at radius 1 is 1.20 bits per heavy atom. The van der Waals surface area contributed by atoms with E-state index >= 15 is 0 Å². The van der Waals surface area contributed by atoms with Crippen LogP contribution in [0.4, 0.5) is 10.5 Å². The van der Waals surface area contributed by atoms with E-state index < -0.39 is 0 Å². The van der Waals surface area contributed by atoms with E-state index in [2.05, 4.69) is 10.3 Å². The number of anilines is 1. The van der Waals surface area contributed by atoms with Crippen LogP contribution in [0, 0.1) is 0 Å². The van der Waals surface area contributed by atoms with Crippen LogP contribution < -0.4 is 16.0 Å². The monoisotopic (exact) mass is 458 g/mol. The largest absolute Gasteiger partial charge is 0.447 e. The average Bonchev–Trinajstić information content (AvgIpc) is 2.86. The topological polar surface area (TPSA) is 79.9 Å². The molecule has 1 aromatic rings. The zero-order valence-electron chi connectivity index (χ0n) is 14.4. The molecule has 0 bridgehead atoms. The lowest BCUT2D eigenvalue weighted by Crippen LogP contribution is -2.39. The molecule has 7 heteroatoms. The molecule has 0 spiro atoms. The van der Waals surface area contributed by atoms with Crippen LogP contribution in [0.2, 0.25) is 0 Å². The van der Waals surface area contributed by atoms with E-state index in [4.69, 9.17) is 10.5 Å². The normalized spacial score (nSPS) is 19.1. The van der Waals surface area contributed by atoms with E-state index in [-0.39, 0.29) is 30.1 Å². The molecule has 2 aliphatic rings. The third-order valence-electron chi connectivity index (χ3n) is 4.65. The van der Waals surface area contributed by atoms with Crippen molar-refractivity contribution in [1.29, 1.82) is 0 Å². The Bertz CT molecular complexity index is 583. The lowest BCUT2D eigenvalue weighted by Gasteiger charge is -2.16. The van der Waals surface area contributed by atoms with Gasteiger partial charge in [-0.1, -0.05) is 37.8 Å². The number of nitrogens with one attached hydrogen (secondary N) is 1. The molecule has 2 fully saturated rings. The highest BCUT2D eigenvalue weighted by molar-refractivity contribution is 14.0. The molecule has 0 atom stereocenters. The number of carbonyl (C=O) groups is 1. The standard InChI is InChI=1S/C18H26N4O2.HI/c19-17(21-15-5-3-1-2-4-6-15)20-13-14-7-9-16(10-8-14)22-11-12-24-18(22)23;/h7-10,15H,1-6,11-13H2,(H3,19,20,21);1H. The Balaban J connectivity index is 0.00000225. The second-order valence-corrected chi connectivity index (χ2v) is 6.47. The van der Waals surface area contributed by atoms with Gasteiger partial charge < -0.3 is 15.8 Å². The zero-order valence-corrected chi connectivity index (χ0v) is 16.8. The minimum atomic E-state index is -0.280. The number of benzene rings is 1. The number of guanidine groups is 1. The van der Waals surface area contributed by atoms with Gasteiger partial charge in [0.1, 0.15) is 6.61 Å². The number of aliphatic imine (C=N–C) groups is 1. The van der Waals surface area contributed by atoms with Crippen molar-refractivity contribution in [3.8, 4) is 0 Å². The predicted molar refractivity (Wildman–Crippen MR) is 111 cm³/mol. The van der Waals surface area contributed by atoms with Crippen molar-refractivity contribution in [3.63, 3.8) is 0 Å². The van der Waals surface area contributed by atoms with Crippen molar-refractivity contribution in [2.75, 3.05) is 18.1 Å².